The average molecular weight is 518 g/mol. The first-order chi connectivity index (χ1) is 16.5. The summed E-state index contributed by atoms with van der Waals surface area (Å²) in [5, 5.41) is 16.3. The summed E-state index contributed by atoms with van der Waals surface area (Å²) >= 11 is 12.1. The first-order valence-corrected chi connectivity index (χ1v) is 12.3. The quantitative estimate of drug-likeness (QED) is 0.365. The molecule has 3 rings (SSSR count). The third-order valence-corrected chi connectivity index (χ3v) is 6.93. The molecule has 0 radical (unpaired) electrons. The van der Waals surface area contributed by atoms with Crippen molar-refractivity contribution in [3.05, 3.63) is 69.1 Å². The molecule has 1 aromatic heterocycles. The van der Waals surface area contributed by atoms with E-state index in [1.807, 2.05) is 27.7 Å². The molecule has 35 heavy (non-hydrogen) atoms. The predicted molar refractivity (Wildman–Crippen MR) is 137 cm³/mol. The number of allylic oxidation sites excluding steroid dienone is 2. The number of nitrogens with one attached hydrogen (secondary N) is 2. The Kier molecular flexibility index (Phi) is 8.23. The fraction of sp³-hybridized carbons (Fsp3) is 0.385. The number of ketones is 1. The Morgan fingerprint density at radius 3 is 2.20 bits per heavy atom. The Bertz CT molecular complexity index is 1160. The maximum atomic E-state index is 12.6. The van der Waals surface area contributed by atoms with Gasteiger partial charge >= 0.3 is 5.97 Å². The van der Waals surface area contributed by atoms with Crippen LogP contribution in [0.15, 0.2) is 47.9 Å². The van der Waals surface area contributed by atoms with Crippen LogP contribution in [0.5, 0.6) is 0 Å². The van der Waals surface area contributed by atoms with Gasteiger partial charge in [0.2, 0.25) is 0 Å². The summed E-state index contributed by atoms with van der Waals surface area (Å²) in [4.78, 5) is 41.3. The van der Waals surface area contributed by atoms with E-state index in [0.717, 1.165) is 12.0 Å². The Morgan fingerprint density at radius 2 is 1.69 bits per heavy atom. The van der Waals surface area contributed by atoms with Crippen molar-refractivity contribution < 1.29 is 19.5 Å². The van der Waals surface area contributed by atoms with Crippen LogP contribution in [0, 0.1) is 5.41 Å². The lowest BCUT2D eigenvalue weighted by Crippen LogP contribution is -2.52. The Balaban J connectivity index is 1.82. The molecule has 0 saturated carbocycles. The molecule has 1 aromatic carbocycles. The van der Waals surface area contributed by atoms with Crippen molar-refractivity contribution in [2.75, 3.05) is 5.32 Å². The number of carboxylic acid groups (broad SMARTS) is 1. The standard InChI is InChI=1S/C26H29Cl2N3O4/c1-5-7-17-22(26(3,4)23(17)32)31-21(25(34)35)16(6-2)14-8-10-15(11-9-14)30-24(33)20-18(27)12-29-13-19(20)28/h8-13,16,21,31H,5-7H2,1-4H3,(H,30,33)(H,34,35)/t16?,21-/m0/s1. The number of anilines is 1. The van der Waals surface area contributed by atoms with Gasteiger partial charge in [0.1, 0.15) is 6.04 Å². The predicted octanol–water partition coefficient (Wildman–Crippen LogP) is 5.84. The molecule has 9 heteroatoms. The zero-order chi connectivity index (χ0) is 25.9. The molecule has 1 heterocycles. The lowest BCUT2D eigenvalue weighted by molar-refractivity contribution is -0.140. The lowest BCUT2D eigenvalue weighted by Gasteiger charge is -2.42. The molecular weight excluding hydrogens is 489 g/mol. The van der Waals surface area contributed by atoms with Crippen molar-refractivity contribution in [3.63, 3.8) is 0 Å². The van der Waals surface area contributed by atoms with Gasteiger partial charge in [0.15, 0.2) is 5.78 Å². The van der Waals surface area contributed by atoms with E-state index in [4.69, 9.17) is 23.2 Å². The van der Waals surface area contributed by atoms with Gasteiger partial charge in [0.05, 0.1) is 21.0 Å². The van der Waals surface area contributed by atoms with Crippen molar-refractivity contribution in [2.24, 2.45) is 5.41 Å². The minimum Gasteiger partial charge on any atom is -0.480 e. The smallest absolute Gasteiger partial charge is 0.326 e. The molecule has 1 unspecified atom stereocenters. The van der Waals surface area contributed by atoms with Gasteiger partial charge in [0.25, 0.3) is 5.91 Å². The minimum absolute atomic E-state index is 0.0635. The minimum atomic E-state index is -0.991. The topological polar surface area (TPSA) is 108 Å². The number of Topliss-reactive ketones (excluding diaryl/α,β-unsaturated/α-hetero) is 1. The summed E-state index contributed by atoms with van der Waals surface area (Å²) in [6, 6.07) is 6.07. The summed E-state index contributed by atoms with van der Waals surface area (Å²) in [6.45, 7) is 7.54. The SMILES string of the molecule is CCCC1=C(N[C@H](C(=O)O)C(CC)c2ccc(NC(=O)c3c(Cl)cncc3Cl)cc2)C(C)(C)C1=O. The summed E-state index contributed by atoms with van der Waals surface area (Å²) in [6.07, 6.45) is 4.67. The van der Waals surface area contributed by atoms with Crippen LogP contribution in [0.2, 0.25) is 10.0 Å². The monoisotopic (exact) mass is 517 g/mol. The van der Waals surface area contributed by atoms with Gasteiger partial charge in [-0.15, -0.1) is 0 Å². The maximum absolute atomic E-state index is 12.6. The molecule has 0 spiro atoms. The van der Waals surface area contributed by atoms with Gasteiger partial charge in [-0.3, -0.25) is 14.6 Å². The summed E-state index contributed by atoms with van der Waals surface area (Å²) < 4.78 is 0. The van der Waals surface area contributed by atoms with E-state index in [1.54, 1.807) is 24.3 Å². The van der Waals surface area contributed by atoms with Gasteiger partial charge in [-0.1, -0.05) is 55.6 Å². The number of carbonyl (C=O) groups is 3. The van der Waals surface area contributed by atoms with Crippen LogP contribution in [0.4, 0.5) is 5.69 Å². The van der Waals surface area contributed by atoms with Crippen molar-refractivity contribution in [1.29, 1.82) is 0 Å². The summed E-state index contributed by atoms with van der Waals surface area (Å²) in [5.74, 6) is -1.76. The molecule has 186 valence electrons. The fourth-order valence-electron chi connectivity index (χ4n) is 4.46. The molecule has 1 amide bonds. The van der Waals surface area contributed by atoms with E-state index in [0.29, 0.717) is 29.8 Å². The number of nitrogens with zero attached hydrogens (tertiary/aromatic N) is 1. The van der Waals surface area contributed by atoms with E-state index in [1.165, 1.54) is 12.4 Å². The normalized spacial score (nSPS) is 16.3. The van der Waals surface area contributed by atoms with Gasteiger partial charge in [-0.25, -0.2) is 4.79 Å². The number of amides is 1. The summed E-state index contributed by atoms with van der Waals surface area (Å²) in [7, 11) is 0. The van der Waals surface area contributed by atoms with Crippen LogP contribution in [-0.2, 0) is 9.59 Å². The van der Waals surface area contributed by atoms with Gasteiger partial charge < -0.3 is 15.7 Å². The number of carboxylic acids is 1. The lowest BCUT2D eigenvalue weighted by atomic mass is 9.67. The van der Waals surface area contributed by atoms with Crippen molar-refractivity contribution in [3.8, 4) is 0 Å². The number of hydrogen-bond acceptors (Lipinski definition) is 5. The molecule has 2 aromatic rings. The van der Waals surface area contributed by atoms with E-state index < -0.39 is 23.3 Å². The molecule has 0 aliphatic heterocycles. The molecule has 0 bridgehead atoms. The van der Waals surface area contributed by atoms with Gasteiger partial charge in [0, 0.05) is 35.3 Å². The number of aromatic nitrogens is 1. The number of rotatable bonds is 10. The van der Waals surface area contributed by atoms with Crippen LogP contribution in [-0.4, -0.2) is 33.8 Å². The Labute approximate surface area is 214 Å². The number of benzene rings is 1. The molecule has 0 fully saturated rings. The van der Waals surface area contributed by atoms with Gasteiger partial charge in [-0.05, 0) is 44.4 Å². The van der Waals surface area contributed by atoms with E-state index >= 15 is 0 Å². The molecule has 3 N–H and O–H groups in total. The molecule has 7 nitrogen and oxygen atoms in total. The maximum Gasteiger partial charge on any atom is 0.326 e. The second kappa shape index (κ2) is 10.8. The fourth-order valence-corrected chi connectivity index (χ4v) is 5.00. The highest BCUT2D eigenvalue weighted by molar-refractivity contribution is 6.40. The average Bonchev–Trinajstić information content (AvgIpc) is 2.80. The van der Waals surface area contributed by atoms with Crippen molar-refractivity contribution in [1.82, 2.24) is 10.3 Å². The largest absolute Gasteiger partial charge is 0.480 e. The zero-order valence-corrected chi connectivity index (χ0v) is 21.6. The van der Waals surface area contributed by atoms with Crippen LogP contribution in [0.1, 0.15) is 68.8 Å². The second-order valence-corrected chi connectivity index (χ2v) is 9.90. The highest BCUT2D eigenvalue weighted by Gasteiger charge is 2.47. The van der Waals surface area contributed by atoms with Crippen LogP contribution >= 0.6 is 23.2 Å². The highest BCUT2D eigenvalue weighted by Crippen LogP contribution is 2.43. The van der Waals surface area contributed by atoms with Crippen molar-refractivity contribution >= 4 is 46.5 Å². The molecule has 1 aliphatic carbocycles. The van der Waals surface area contributed by atoms with Crippen LogP contribution in [0.25, 0.3) is 0 Å². The Morgan fingerprint density at radius 1 is 1.09 bits per heavy atom. The first kappa shape index (κ1) is 26.7. The molecule has 0 saturated heterocycles. The molecule has 2 atom stereocenters. The van der Waals surface area contributed by atoms with Crippen molar-refractivity contribution in [2.45, 2.75) is 58.9 Å². The van der Waals surface area contributed by atoms with Crippen LogP contribution in [0.3, 0.4) is 0 Å². The van der Waals surface area contributed by atoms with E-state index in [-0.39, 0.29) is 27.3 Å². The zero-order valence-electron chi connectivity index (χ0n) is 20.1. The number of halogens is 2. The number of pyridine rings is 1. The van der Waals surface area contributed by atoms with E-state index in [2.05, 4.69) is 15.6 Å². The third kappa shape index (κ3) is 5.36. The first-order valence-electron chi connectivity index (χ1n) is 11.5. The van der Waals surface area contributed by atoms with E-state index in [9.17, 15) is 19.5 Å². The third-order valence-electron chi connectivity index (χ3n) is 6.35. The molecular formula is C26H29Cl2N3O4. The number of carbonyl (C=O) groups excluding carboxylic acids is 2. The second-order valence-electron chi connectivity index (χ2n) is 9.09. The summed E-state index contributed by atoms with van der Waals surface area (Å²) in [5.41, 5.74) is 2.11. The highest BCUT2D eigenvalue weighted by atomic mass is 35.5. The number of hydrogen-bond donors (Lipinski definition) is 3. The molecule has 1 aliphatic rings. The van der Waals surface area contributed by atoms with Crippen LogP contribution < -0.4 is 10.6 Å². The van der Waals surface area contributed by atoms with Gasteiger partial charge in [-0.2, -0.15) is 0 Å². The Hall–Kier alpha value is -2.90. The number of aliphatic carboxylic acids is 1.